The molecule has 1 saturated carbocycles. The smallest absolute Gasteiger partial charge is 0.241 e. The first-order chi connectivity index (χ1) is 11.3. The Bertz CT molecular complexity index is 707. The first-order valence-corrected chi connectivity index (χ1v) is 8.36. The third-order valence-electron chi connectivity index (χ3n) is 4.48. The van der Waals surface area contributed by atoms with Crippen molar-refractivity contribution in [1.29, 1.82) is 0 Å². The molecule has 6 nitrogen and oxygen atoms in total. The highest BCUT2D eigenvalue weighted by Gasteiger charge is 2.27. The SMILES string of the molecule is Cl.O=C(Nc1cccc(-c2n[nH]c(C3CC3)n2)c1)C1CCCCN1. The van der Waals surface area contributed by atoms with Crippen LogP contribution >= 0.6 is 12.4 Å². The highest BCUT2D eigenvalue weighted by molar-refractivity contribution is 5.95. The largest absolute Gasteiger partial charge is 0.325 e. The molecule has 1 amide bonds. The Morgan fingerprint density at radius 1 is 1.21 bits per heavy atom. The molecular weight excluding hydrogens is 326 g/mol. The van der Waals surface area contributed by atoms with Gasteiger partial charge in [0.05, 0.1) is 6.04 Å². The van der Waals surface area contributed by atoms with Crippen molar-refractivity contribution < 1.29 is 4.79 Å². The van der Waals surface area contributed by atoms with E-state index in [0.717, 1.165) is 42.9 Å². The van der Waals surface area contributed by atoms with E-state index in [4.69, 9.17) is 0 Å². The van der Waals surface area contributed by atoms with Gasteiger partial charge in [-0.3, -0.25) is 9.89 Å². The maximum Gasteiger partial charge on any atom is 0.241 e. The van der Waals surface area contributed by atoms with Crippen LogP contribution in [0.2, 0.25) is 0 Å². The maximum atomic E-state index is 12.3. The van der Waals surface area contributed by atoms with Gasteiger partial charge in [-0.1, -0.05) is 18.6 Å². The molecule has 2 aromatic rings. The van der Waals surface area contributed by atoms with Crippen molar-refractivity contribution in [3.63, 3.8) is 0 Å². The topological polar surface area (TPSA) is 82.7 Å². The normalized spacial score (nSPS) is 20.2. The third-order valence-corrected chi connectivity index (χ3v) is 4.48. The van der Waals surface area contributed by atoms with E-state index in [-0.39, 0.29) is 24.4 Å². The second-order valence-electron chi connectivity index (χ2n) is 6.39. The lowest BCUT2D eigenvalue weighted by atomic mass is 10.0. The number of halogens is 1. The highest BCUT2D eigenvalue weighted by atomic mass is 35.5. The summed E-state index contributed by atoms with van der Waals surface area (Å²) >= 11 is 0. The lowest BCUT2D eigenvalue weighted by molar-refractivity contribution is -0.118. The number of hydrogen-bond acceptors (Lipinski definition) is 4. The van der Waals surface area contributed by atoms with Gasteiger partial charge < -0.3 is 10.6 Å². The van der Waals surface area contributed by atoms with Crippen molar-refractivity contribution in [2.24, 2.45) is 0 Å². The summed E-state index contributed by atoms with van der Waals surface area (Å²) in [6.45, 7) is 0.916. The number of H-pyrrole nitrogens is 1. The van der Waals surface area contributed by atoms with Crippen molar-refractivity contribution in [3.05, 3.63) is 30.1 Å². The molecular formula is C17H22ClN5O. The molecule has 1 aromatic heterocycles. The molecule has 1 aromatic carbocycles. The van der Waals surface area contributed by atoms with Gasteiger partial charge in [0.2, 0.25) is 5.91 Å². The molecule has 1 aliphatic carbocycles. The summed E-state index contributed by atoms with van der Waals surface area (Å²) in [5, 5.41) is 13.6. The molecule has 1 unspecified atom stereocenters. The van der Waals surface area contributed by atoms with Crippen LogP contribution in [0, 0.1) is 0 Å². The number of aromatic amines is 1. The van der Waals surface area contributed by atoms with E-state index in [0.29, 0.717) is 11.7 Å². The second-order valence-corrected chi connectivity index (χ2v) is 6.39. The number of nitrogens with one attached hydrogen (secondary N) is 3. The second kappa shape index (κ2) is 7.32. The minimum absolute atomic E-state index is 0. The number of anilines is 1. The van der Waals surface area contributed by atoms with Gasteiger partial charge >= 0.3 is 0 Å². The molecule has 1 aliphatic heterocycles. The van der Waals surface area contributed by atoms with E-state index < -0.39 is 0 Å². The van der Waals surface area contributed by atoms with Crippen LogP contribution in [0.3, 0.4) is 0 Å². The van der Waals surface area contributed by atoms with E-state index in [1.807, 2.05) is 24.3 Å². The lowest BCUT2D eigenvalue weighted by Crippen LogP contribution is -2.43. The molecule has 2 fully saturated rings. The Labute approximate surface area is 147 Å². The molecule has 1 saturated heterocycles. The monoisotopic (exact) mass is 347 g/mol. The van der Waals surface area contributed by atoms with Gasteiger partial charge in [0.15, 0.2) is 5.82 Å². The Balaban J connectivity index is 0.00000169. The minimum Gasteiger partial charge on any atom is -0.325 e. The zero-order valence-corrected chi connectivity index (χ0v) is 14.2. The van der Waals surface area contributed by atoms with Crippen LogP contribution in [0.25, 0.3) is 11.4 Å². The molecule has 4 rings (SSSR count). The molecule has 2 aliphatic rings. The van der Waals surface area contributed by atoms with Crippen molar-refractivity contribution in [3.8, 4) is 11.4 Å². The van der Waals surface area contributed by atoms with Gasteiger partial charge in [-0.05, 0) is 44.4 Å². The van der Waals surface area contributed by atoms with Crippen molar-refractivity contribution >= 4 is 24.0 Å². The van der Waals surface area contributed by atoms with Gasteiger partial charge in [-0.2, -0.15) is 5.10 Å². The van der Waals surface area contributed by atoms with Gasteiger partial charge in [0.25, 0.3) is 0 Å². The Kier molecular flexibility index (Phi) is 5.16. The van der Waals surface area contributed by atoms with Gasteiger partial charge in [-0.25, -0.2) is 4.98 Å². The van der Waals surface area contributed by atoms with Crippen molar-refractivity contribution in [2.45, 2.75) is 44.1 Å². The minimum atomic E-state index is -0.0858. The lowest BCUT2D eigenvalue weighted by Gasteiger charge is -2.22. The van der Waals surface area contributed by atoms with E-state index in [2.05, 4.69) is 25.8 Å². The predicted octanol–water partition coefficient (Wildman–Crippen LogP) is 2.85. The summed E-state index contributed by atoms with van der Waals surface area (Å²) in [5.74, 6) is 2.26. The van der Waals surface area contributed by atoms with Crippen molar-refractivity contribution in [2.75, 3.05) is 11.9 Å². The first-order valence-electron chi connectivity index (χ1n) is 8.36. The molecule has 3 N–H and O–H groups in total. The molecule has 0 radical (unpaired) electrons. The average Bonchev–Trinajstić information content (AvgIpc) is 3.33. The number of amides is 1. The van der Waals surface area contributed by atoms with Crippen LogP contribution in [0.5, 0.6) is 0 Å². The maximum absolute atomic E-state index is 12.3. The molecule has 7 heteroatoms. The number of benzene rings is 1. The molecule has 0 spiro atoms. The van der Waals surface area contributed by atoms with Crippen LogP contribution in [0.4, 0.5) is 5.69 Å². The molecule has 2 heterocycles. The number of rotatable bonds is 4. The van der Waals surface area contributed by atoms with Gasteiger partial charge in [-0.15, -0.1) is 12.4 Å². The summed E-state index contributed by atoms with van der Waals surface area (Å²) in [4.78, 5) is 16.9. The van der Waals surface area contributed by atoms with E-state index in [9.17, 15) is 4.79 Å². The fourth-order valence-corrected chi connectivity index (χ4v) is 2.98. The van der Waals surface area contributed by atoms with Gasteiger partial charge in [0.1, 0.15) is 5.82 Å². The Hall–Kier alpha value is -1.92. The van der Waals surface area contributed by atoms with Crippen LogP contribution in [-0.4, -0.2) is 33.7 Å². The predicted molar refractivity (Wildman–Crippen MR) is 95.3 cm³/mol. The summed E-state index contributed by atoms with van der Waals surface area (Å²) in [6, 6.07) is 7.64. The van der Waals surface area contributed by atoms with E-state index in [1.54, 1.807) is 0 Å². The number of piperidine rings is 1. The fourth-order valence-electron chi connectivity index (χ4n) is 2.98. The van der Waals surface area contributed by atoms with Crippen LogP contribution in [0.1, 0.15) is 43.8 Å². The summed E-state index contributed by atoms with van der Waals surface area (Å²) in [6.07, 6.45) is 5.54. The number of carbonyl (C=O) groups excluding carboxylic acids is 1. The molecule has 128 valence electrons. The zero-order chi connectivity index (χ0) is 15.6. The third kappa shape index (κ3) is 3.76. The molecule has 0 bridgehead atoms. The summed E-state index contributed by atoms with van der Waals surface area (Å²) in [5.41, 5.74) is 1.71. The average molecular weight is 348 g/mol. The van der Waals surface area contributed by atoms with Gasteiger partial charge in [0, 0.05) is 17.2 Å². The number of aromatic nitrogens is 3. The standard InChI is InChI=1S/C17H21N5O.ClH/c23-17(14-6-1-2-9-18-14)19-13-5-3-4-12(10-13)16-20-15(21-22-16)11-7-8-11;/h3-5,10-11,14,18H,1-2,6-9H2,(H,19,23)(H,20,21,22);1H. The van der Waals surface area contributed by atoms with Crippen molar-refractivity contribution in [1.82, 2.24) is 20.5 Å². The van der Waals surface area contributed by atoms with E-state index in [1.165, 1.54) is 12.8 Å². The number of nitrogens with zero attached hydrogens (tertiary/aromatic N) is 2. The summed E-state index contributed by atoms with van der Waals surface area (Å²) < 4.78 is 0. The Morgan fingerprint density at radius 3 is 2.83 bits per heavy atom. The number of hydrogen-bond donors (Lipinski definition) is 3. The van der Waals surface area contributed by atoms with E-state index >= 15 is 0 Å². The van der Waals surface area contributed by atoms with Crippen LogP contribution < -0.4 is 10.6 Å². The highest BCUT2D eigenvalue weighted by Crippen LogP contribution is 2.38. The first kappa shape index (κ1) is 16.9. The van der Waals surface area contributed by atoms with Crippen LogP contribution in [-0.2, 0) is 4.79 Å². The molecule has 1 atom stereocenters. The number of carbonyl (C=O) groups is 1. The van der Waals surface area contributed by atoms with Crippen LogP contribution in [0.15, 0.2) is 24.3 Å². The quantitative estimate of drug-likeness (QED) is 0.794. The fraction of sp³-hybridized carbons (Fsp3) is 0.471. The Morgan fingerprint density at radius 2 is 2.08 bits per heavy atom. The zero-order valence-electron chi connectivity index (χ0n) is 13.4. The summed E-state index contributed by atoms with van der Waals surface area (Å²) in [7, 11) is 0. The molecule has 24 heavy (non-hydrogen) atoms.